The van der Waals surface area contributed by atoms with Gasteiger partial charge >= 0.3 is 0 Å². The van der Waals surface area contributed by atoms with E-state index in [-0.39, 0.29) is 29.2 Å². The minimum atomic E-state index is -3.52. The molecule has 0 aliphatic heterocycles. The Labute approximate surface area is 136 Å². The SMILES string of the molecule is CNS(=O)(=O)c1cccc(CNC(=O)[C@H](NC(C)=O)C(C)C)c1. The molecule has 1 rings (SSSR count). The zero-order chi connectivity index (χ0) is 17.6. The molecular weight excluding hydrogens is 318 g/mol. The predicted octanol–water partition coefficient (Wildman–Crippen LogP) is 0.372. The van der Waals surface area contributed by atoms with E-state index < -0.39 is 16.1 Å². The Morgan fingerprint density at radius 3 is 2.39 bits per heavy atom. The molecule has 0 heterocycles. The van der Waals surface area contributed by atoms with Crippen molar-refractivity contribution in [3.05, 3.63) is 29.8 Å². The number of sulfonamides is 1. The van der Waals surface area contributed by atoms with Gasteiger partial charge in [0.1, 0.15) is 6.04 Å². The van der Waals surface area contributed by atoms with Gasteiger partial charge in [0.2, 0.25) is 21.8 Å². The van der Waals surface area contributed by atoms with Crippen LogP contribution in [-0.2, 0) is 26.2 Å². The highest BCUT2D eigenvalue weighted by molar-refractivity contribution is 7.89. The minimum absolute atomic E-state index is 0.0603. The lowest BCUT2D eigenvalue weighted by molar-refractivity contribution is -0.129. The first-order valence-electron chi connectivity index (χ1n) is 7.24. The van der Waals surface area contributed by atoms with Gasteiger partial charge in [0.25, 0.3) is 0 Å². The number of hydrogen-bond donors (Lipinski definition) is 3. The highest BCUT2D eigenvalue weighted by Gasteiger charge is 2.22. The third-order valence-electron chi connectivity index (χ3n) is 3.25. The summed E-state index contributed by atoms with van der Waals surface area (Å²) in [4.78, 5) is 23.5. The van der Waals surface area contributed by atoms with Crippen molar-refractivity contribution in [3.63, 3.8) is 0 Å². The molecule has 0 saturated heterocycles. The molecule has 1 atom stereocenters. The molecule has 7 nitrogen and oxygen atoms in total. The van der Waals surface area contributed by atoms with E-state index in [0.717, 1.165) is 0 Å². The van der Waals surface area contributed by atoms with Gasteiger partial charge in [-0.3, -0.25) is 9.59 Å². The smallest absolute Gasteiger partial charge is 0.243 e. The molecular formula is C15H23N3O4S. The van der Waals surface area contributed by atoms with Crippen molar-refractivity contribution in [1.82, 2.24) is 15.4 Å². The van der Waals surface area contributed by atoms with Crippen LogP contribution in [0.2, 0.25) is 0 Å². The molecule has 0 unspecified atom stereocenters. The highest BCUT2D eigenvalue weighted by atomic mass is 32.2. The maximum Gasteiger partial charge on any atom is 0.243 e. The van der Waals surface area contributed by atoms with Crippen LogP contribution in [0.5, 0.6) is 0 Å². The first-order valence-corrected chi connectivity index (χ1v) is 8.73. The molecule has 1 aromatic carbocycles. The van der Waals surface area contributed by atoms with E-state index in [4.69, 9.17) is 0 Å². The average molecular weight is 341 g/mol. The predicted molar refractivity (Wildman–Crippen MR) is 87.0 cm³/mol. The maximum absolute atomic E-state index is 12.2. The van der Waals surface area contributed by atoms with Crippen molar-refractivity contribution in [3.8, 4) is 0 Å². The average Bonchev–Trinajstić information content (AvgIpc) is 2.50. The van der Waals surface area contributed by atoms with E-state index >= 15 is 0 Å². The largest absolute Gasteiger partial charge is 0.350 e. The number of rotatable bonds is 7. The molecule has 0 aliphatic carbocycles. The third kappa shape index (κ3) is 5.65. The van der Waals surface area contributed by atoms with Crippen molar-refractivity contribution in [2.45, 2.75) is 38.3 Å². The van der Waals surface area contributed by atoms with Crippen LogP contribution in [0.25, 0.3) is 0 Å². The second-order valence-corrected chi connectivity index (χ2v) is 7.38. The molecule has 2 amide bonds. The van der Waals surface area contributed by atoms with E-state index in [1.807, 2.05) is 13.8 Å². The fourth-order valence-electron chi connectivity index (χ4n) is 1.99. The first-order chi connectivity index (χ1) is 10.7. The van der Waals surface area contributed by atoms with Gasteiger partial charge in [-0.15, -0.1) is 0 Å². The standard InChI is InChI=1S/C15H23N3O4S/c1-10(2)14(18-11(3)19)15(20)17-9-12-6-5-7-13(8-12)23(21,22)16-4/h5-8,10,14,16H,9H2,1-4H3,(H,17,20)(H,18,19)/t14-/m1/s1. The van der Waals surface area contributed by atoms with Gasteiger partial charge in [0.15, 0.2) is 0 Å². The van der Waals surface area contributed by atoms with Crippen LogP contribution in [-0.4, -0.2) is 33.3 Å². The van der Waals surface area contributed by atoms with Crippen LogP contribution in [0.15, 0.2) is 29.2 Å². The van der Waals surface area contributed by atoms with Gasteiger partial charge in [0, 0.05) is 13.5 Å². The Balaban J connectivity index is 2.80. The van der Waals surface area contributed by atoms with E-state index in [0.29, 0.717) is 5.56 Å². The summed E-state index contributed by atoms with van der Waals surface area (Å²) in [5.41, 5.74) is 0.653. The van der Waals surface area contributed by atoms with E-state index in [2.05, 4.69) is 15.4 Å². The summed E-state index contributed by atoms with van der Waals surface area (Å²) in [6, 6.07) is 5.68. The zero-order valence-electron chi connectivity index (χ0n) is 13.7. The molecule has 0 bridgehead atoms. The quantitative estimate of drug-likeness (QED) is 0.666. The maximum atomic E-state index is 12.2. The van der Waals surface area contributed by atoms with Crippen molar-refractivity contribution >= 4 is 21.8 Å². The number of benzene rings is 1. The van der Waals surface area contributed by atoms with Crippen molar-refractivity contribution in [2.75, 3.05) is 7.05 Å². The zero-order valence-corrected chi connectivity index (χ0v) is 14.5. The van der Waals surface area contributed by atoms with Crippen molar-refractivity contribution in [1.29, 1.82) is 0 Å². The van der Waals surface area contributed by atoms with E-state index in [1.165, 1.54) is 26.1 Å². The van der Waals surface area contributed by atoms with Crippen LogP contribution in [0.1, 0.15) is 26.3 Å². The lowest BCUT2D eigenvalue weighted by atomic mass is 10.0. The molecule has 1 aromatic rings. The van der Waals surface area contributed by atoms with Crippen molar-refractivity contribution in [2.24, 2.45) is 5.92 Å². The summed E-state index contributed by atoms with van der Waals surface area (Å²) in [6.07, 6.45) is 0. The molecule has 0 spiro atoms. The molecule has 0 saturated carbocycles. The van der Waals surface area contributed by atoms with Crippen LogP contribution >= 0.6 is 0 Å². The van der Waals surface area contributed by atoms with Gasteiger partial charge < -0.3 is 10.6 Å². The molecule has 23 heavy (non-hydrogen) atoms. The summed E-state index contributed by atoms with van der Waals surface area (Å²) in [6.45, 7) is 5.20. The van der Waals surface area contributed by atoms with Gasteiger partial charge in [-0.25, -0.2) is 13.1 Å². The van der Waals surface area contributed by atoms with Gasteiger partial charge in [0.05, 0.1) is 4.90 Å². The van der Waals surface area contributed by atoms with E-state index in [9.17, 15) is 18.0 Å². The molecule has 0 radical (unpaired) electrons. The second kappa shape index (κ2) is 8.07. The Hall–Kier alpha value is -1.93. The first kappa shape index (κ1) is 19.1. The highest BCUT2D eigenvalue weighted by Crippen LogP contribution is 2.11. The Morgan fingerprint density at radius 2 is 1.87 bits per heavy atom. The van der Waals surface area contributed by atoms with Gasteiger partial charge in [-0.1, -0.05) is 26.0 Å². The van der Waals surface area contributed by atoms with Crippen LogP contribution in [0.3, 0.4) is 0 Å². The topological polar surface area (TPSA) is 104 Å². The lowest BCUT2D eigenvalue weighted by Crippen LogP contribution is -2.48. The van der Waals surface area contributed by atoms with Crippen molar-refractivity contribution < 1.29 is 18.0 Å². The van der Waals surface area contributed by atoms with Crippen LogP contribution < -0.4 is 15.4 Å². The summed E-state index contributed by atoms with van der Waals surface area (Å²) >= 11 is 0. The summed E-state index contributed by atoms with van der Waals surface area (Å²) in [5.74, 6) is -0.645. The second-order valence-electron chi connectivity index (χ2n) is 5.49. The number of hydrogen-bond acceptors (Lipinski definition) is 4. The lowest BCUT2D eigenvalue weighted by Gasteiger charge is -2.21. The minimum Gasteiger partial charge on any atom is -0.350 e. The number of carbonyl (C=O) groups excluding carboxylic acids is 2. The molecule has 0 aromatic heterocycles. The summed E-state index contributed by atoms with van der Waals surface area (Å²) in [7, 11) is -2.19. The van der Waals surface area contributed by atoms with Gasteiger partial charge in [-0.2, -0.15) is 0 Å². The number of amides is 2. The number of nitrogens with one attached hydrogen (secondary N) is 3. The molecule has 0 fully saturated rings. The molecule has 128 valence electrons. The van der Waals surface area contributed by atoms with E-state index in [1.54, 1.807) is 12.1 Å². The Morgan fingerprint density at radius 1 is 1.22 bits per heavy atom. The Kier molecular flexibility index (Phi) is 6.71. The monoisotopic (exact) mass is 341 g/mol. The fourth-order valence-corrected chi connectivity index (χ4v) is 2.79. The summed E-state index contributed by atoms with van der Waals surface area (Å²) in [5, 5.41) is 5.32. The van der Waals surface area contributed by atoms with Crippen LogP contribution in [0.4, 0.5) is 0 Å². The normalized spacial score (nSPS) is 12.7. The van der Waals surface area contributed by atoms with Crippen LogP contribution in [0, 0.1) is 5.92 Å². The summed E-state index contributed by atoms with van der Waals surface area (Å²) < 4.78 is 25.8. The van der Waals surface area contributed by atoms with Gasteiger partial charge in [-0.05, 0) is 30.7 Å². The third-order valence-corrected chi connectivity index (χ3v) is 4.66. The molecule has 0 aliphatic rings. The number of carbonyl (C=O) groups is 2. The molecule has 3 N–H and O–H groups in total. The fraction of sp³-hybridized carbons (Fsp3) is 0.467. The molecule has 8 heteroatoms. The Bertz CT molecular complexity index is 671.